The fraction of sp³-hybridized carbons (Fsp3) is 0.375. The normalized spacial score (nSPS) is 11.8. The highest BCUT2D eigenvalue weighted by Gasteiger charge is 2.17. The van der Waals surface area contributed by atoms with Gasteiger partial charge in [0.25, 0.3) is 5.56 Å². The summed E-state index contributed by atoms with van der Waals surface area (Å²) < 4.78 is 1.70. The Labute approximate surface area is 117 Å². The molecule has 0 aliphatic rings. The van der Waals surface area contributed by atoms with Crippen LogP contribution in [0.25, 0.3) is 16.8 Å². The van der Waals surface area contributed by atoms with Gasteiger partial charge in [-0.1, -0.05) is 32.9 Å². The molecule has 0 radical (unpaired) electrons. The van der Waals surface area contributed by atoms with E-state index in [1.165, 1.54) is 0 Å². The minimum atomic E-state index is 0.0538. The molecule has 0 bridgehead atoms. The second kappa shape index (κ2) is 4.47. The van der Waals surface area contributed by atoms with E-state index in [9.17, 15) is 4.79 Å². The van der Waals surface area contributed by atoms with Crippen LogP contribution in [0, 0.1) is 6.92 Å². The summed E-state index contributed by atoms with van der Waals surface area (Å²) in [5.74, 6) is 0.885. The Balaban J connectivity index is 2.54. The van der Waals surface area contributed by atoms with Crippen molar-refractivity contribution in [2.24, 2.45) is 0 Å². The summed E-state index contributed by atoms with van der Waals surface area (Å²) in [5, 5.41) is 0. The molecule has 0 amide bonds. The zero-order valence-corrected chi connectivity index (χ0v) is 12.3. The van der Waals surface area contributed by atoms with Gasteiger partial charge in [-0.3, -0.25) is 4.79 Å². The lowest BCUT2D eigenvalue weighted by Crippen LogP contribution is -2.22. The van der Waals surface area contributed by atoms with Crippen molar-refractivity contribution in [2.45, 2.75) is 40.0 Å². The number of H-pyrrole nitrogens is 1. The van der Waals surface area contributed by atoms with Crippen molar-refractivity contribution in [3.05, 3.63) is 45.4 Å². The molecule has 3 rings (SSSR count). The summed E-state index contributed by atoms with van der Waals surface area (Å²) in [4.78, 5) is 20.8. The fourth-order valence-electron chi connectivity index (χ4n) is 2.80. The quantitative estimate of drug-likeness (QED) is 0.777. The number of rotatable bonds is 2. The van der Waals surface area contributed by atoms with E-state index in [-0.39, 0.29) is 11.5 Å². The van der Waals surface area contributed by atoms with Crippen LogP contribution in [0.5, 0.6) is 0 Å². The molecule has 0 atom stereocenters. The van der Waals surface area contributed by atoms with Crippen molar-refractivity contribution in [3.63, 3.8) is 0 Å². The average molecular weight is 269 g/mol. The van der Waals surface area contributed by atoms with Crippen molar-refractivity contribution in [1.29, 1.82) is 0 Å². The minimum Gasteiger partial charge on any atom is -0.323 e. The number of benzene rings is 1. The van der Waals surface area contributed by atoms with Crippen LogP contribution in [0.15, 0.2) is 23.0 Å². The number of aryl methyl sites for hydroxylation is 1. The molecule has 20 heavy (non-hydrogen) atoms. The van der Waals surface area contributed by atoms with Crippen molar-refractivity contribution in [3.8, 4) is 0 Å². The van der Waals surface area contributed by atoms with Gasteiger partial charge in [-0.15, -0.1) is 0 Å². The summed E-state index contributed by atoms with van der Waals surface area (Å²) in [6.07, 6.45) is 0.709. The SMILES string of the molecule is CCc1c(C(C)C)nc2[nH]c3c(C)cccc3n2c1=O. The van der Waals surface area contributed by atoms with Crippen LogP contribution in [-0.2, 0) is 6.42 Å². The van der Waals surface area contributed by atoms with Crippen molar-refractivity contribution >= 4 is 16.8 Å². The van der Waals surface area contributed by atoms with Gasteiger partial charge < -0.3 is 4.98 Å². The second-order valence-electron chi connectivity index (χ2n) is 5.54. The second-order valence-corrected chi connectivity index (χ2v) is 5.54. The Morgan fingerprint density at radius 1 is 1.35 bits per heavy atom. The van der Waals surface area contributed by atoms with Crippen LogP contribution in [0.1, 0.15) is 43.5 Å². The molecule has 4 nitrogen and oxygen atoms in total. The van der Waals surface area contributed by atoms with Crippen LogP contribution in [0.4, 0.5) is 0 Å². The summed E-state index contributed by atoms with van der Waals surface area (Å²) in [6, 6.07) is 5.97. The Hall–Kier alpha value is -2.10. The maximum absolute atomic E-state index is 12.8. The van der Waals surface area contributed by atoms with E-state index < -0.39 is 0 Å². The highest BCUT2D eigenvalue weighted by atomic mass is 16.1. The van der Waals surface area contributed by atoms with Crippen LogP contribution < -0.4 is 5.56 Å². The smallest absolute Gasteiger partial charge is 0.263 e. The fourth-order valence-corrected chi connectivity index (χ4v) is 2.80. The van der Waals surface area contributed by atoms with Gasteiger partial charge in [-0.2, -0.15) is 0 Å². The molecule has 1 aromatic carbocycles. The van der Waals surface area contributed by atoms with Crippen LogP contribution in [-0.4, -0.2) is 14.4 Å². The molecule has 0 saturated carbocycles. The number of hydrogen-bond acceptors (Lipinski definition) is 2. The van der Waals surface area contributed by atoms with E-state index in [4.69, 9.17) is 4.98 Å². The molecule has 0 aliphatic carbocycles. The number of hydrogen-bond donors (Lipinski definition) is 1. The van der Waals surface area contributed by atoms with E-state index in [0.29, 0.717) is 12.2 Å². The van der Waals surface area contributed by atoms with Gasteiger partial charge in [0.05, 0.1) is 16.7 Å². The van der Waals surface area contributed by atoms with E-state index in [0.717, 1.165) is 27.9 Å². The molecular weight excluding hydrogens is 250 g/mol. The van der Waals surface area contributed by atoms with Gasteiger partial charge in [0.15, 0.2) is 0 Å². The van der Waals surface area contributed by atoms with Gasteiger partial charge >= 0.3 is 0 Å². The third-order valence-corrected chi connectivity index (χ3v) is 3.84. The molecule has 0 spiro atoms. The molecule has 1 N–H and O–H groups in total. The number of aromatic amines is 1. The molecule has 3 aromatic rings. The molecule has 4 heteroatoms. The highest BCUT2D eigenvalue weighted by molar-refractivity contribution is 5.82. The number of para-hydroxylation sites is 1. The molecule has 2 heterocycles. The zero-order valence-electron chi connectivity index (χ0n) is 12.3. The molecular formula is C16H19N3O. The van der Waals surface area contributed by atoms with Gasteiger partial charge in [0.1, 0.15) is 0 Å². The van der Waals surface area contributed by atoms with Gasteiger partial charge in [0, 0.05) is 5.56 Å². The largest absolute Gasteiger partial charge is 0.323 e. The third kappa shape index (κ3) is 1.68. The number of nitrogens with zero attached hydrogens (tertiary/aromatic N) is 2. The van der Waals surface area contributed by atoms with Crippen LogP contribution >= 0.6 is 0 Å². The predicted molar refractivity (Wildman–Crippen MR) is 81.5 cm³/mol. The van der Waals surface area contributed by atoms with E-state index >= 15 is 0 Å². The number of aromatic nitrogens is 3. The van der Waals surface area contributed by atoms with E-state index in [1.807, 2.05) is 32.0 Å². The first-order valence-corrected chi connectivity index (χ1v) is 7.07. The lowest BCUT2D eigenvalue weighted by atomic mass is 10.0. The molecule has 0 fully saturated rings. The Morgan fingerprint density at radius 2 is 2.10 bits per heavy atom. The minimum absolute atomic E-state index is 0.0538. The molecule has 2 aromatic heterocycles. The maximum Gasteiger partial charge on any atom is 0.263 e. The van der Waals surface area contributed by atoms with Gasteiger partial charge in [-0.25, -0.2) is 9.38 Å². The number of fused-ring (bicyclic) bond motifs is 3. The van der Waals surface area contributed by atoms with Crippen molar-refractivity contribution in [1.82, 2.24) is 14.4 Å². The molecule has 104 valence electrons. The van der Waals surface area contributed by atoms with E-state index in [1.54, 1.807) is 4.40 Å². The maximum atomic E-state index is 12.8. The van der Waals surface area contributed by atoms with Crippen LogP contribution in [0.2, 0.25) is 0 Å². The first-order chi connectivity index (χ1) is 9.54. The first-order valence-electron chi connectivity index (χ1n) is 7.07. The molecule has 0 saturated heterocycles. The molecule has 0 unspecified atom stereocenters. The average Bonchev–Trinajstić information content (AvgIpc) is 2.78. The zero-order chi connectivity index (χ0) is 14.4. The number of imidazole rings is 1. The Kier molecular flexibility index (Phi) is 2.89. The Bertz CT molecular complexity index is 855. The number of nitrogens with one attached hydrogen (secondary N) is 1. The monoisotopic (exact) mass is 269 g/mol. The lowest BCUT2D eigenvalue weighted by Gasteiger charge is -2.10. The first kappa shape index (κ1) is 12.9. The standard InChI is InChI=1S/C16H19N3O/c1-5-11-13(9(2)3)17-16-18-14-10(4)7-6-8-12(14)19(16)15(11)20/h6-9H,5H2,1-4H3,(H,17,18). The third-order valence-electron chi connectivity index (χ3n) is 3.84. The van der Waals surface area contributed by atoms with E-state index in [2.05, 4.69) is 18.8 Å². The van der Waals surface area contributed by atoms with Gasteiger partial charge in [-0.05, 0) is 30.9 Å². The highest BCUT2D eigenvalue weighted by Crippen LogP contribution is 2.21. The predicted octanol–water partition coefficient (Wildman–Crippen LogP) is 3.17. The summed E-state index contributed by atoms with van der Waals surface area (Å²) >= 11 is 0. The summed E-state index contributed by atoms with van der Waals surface area (Å²) in [7, 11) is 0. The lowest BCUT2D eigenvalue weighted by molar-refractivity contribution is 0.783. The van der Waals surface area contributed by atoms with Crippen molar-refractivity contribution < 1.29 is 0 Å². The summed E-state index contributed by atoms with van der Waals surface area (Å²) in [6.45, 7) is 8.19. The Morgan fingerprint density at radius 3 is 2.75 bits per heavy atom. The summed E-state index contributed by atoms with van der Waals surface area (Å²) in [5.41, 5.74) is 4.79. The van der Waals surface area contributed by atoms with Crippen LogP contribution in [0.3, 0.4) is 0 Å². The van der Waals surface area contributed by atoms with Gasteiger partial charge in [0.2, 0.25) is 5.78 Å². The topological polar surface area (TPSA) is 50.2 Å². The molecule has 0 aliphatic heterocycles. The van der Waals surface area contributed by atoms with Crippen molar-refractivity contribution in [2.75, 3.05) is 0 Å².